The summed E-state index contributed by atoms with van der Waals surface area (Å²) in [6.07, 6.45) is 7.46. The van der Waals surface area contributed by atoms with E-state index >= 15 is 0 Å². The van der Waals surface area contributed by atoms with Crippen LogP contribution in [-0.4, -0.2) is 102 Å². The van der Waals surface area contributed by atoms with Crippen molar-refractivity contribution in [1.82, 2.24) is 29.7 Å². The summed E-state index contributed by atoms with van der Waals surface area (Å²) in [5.41, 5.74) is 5.19. The van der Waals surface area contributed by atoms with E-state index in [0.29, 0.717) is 57.0 Å². The normalized spacial score (nSPS) is 19.6. The van der Waals surface area contributed by atoms with Crippen molar-refractivity contribution in [1.29, 1.82) is 0 Å². The average Bonchev–Trinajstić information content (AvgIpc) is 3.02. The van der Waals surface area contributed by atoms with Crippen LogP contribution in [-0.2, 0) is 4.57 Å². The highest BCUT2D eigenvalue weighted by Gasteiger charge is 2.37. The smallest absolute Gasteiger partial charge is 0.229 e. The fraction of sp³-hybridized carbons (Fsp3) is 0.438. The number of ether oxygens (including phenoxy) is 1. The van der Waals surface area contributed by atoms with Crippen molar-refractivity contribution in [2.24, 2.45) is 0 Å². The highest BCUT2D eigenvalue weighted by atomic mass is 79.9. The molecule has 0 spiro atoms. The Balaban J connectivity index is 1.10. The number of piperidine rings is 1. The molecule has 236 valence electrons. The van der Waals surface area contributed by atoms with E-state index in [4.69, 9.17) is 9.72 Å². The number of aryl methyl sites for hydroxylation is 1. The van der Waals surface area contributed by atoms with E-state index in [2.05, 4.69) is 76.3 Å². The van der Waals surface area contributed by atoms with Gasteiger partial charge in [-0.2, -0.15) is 4.98 Å². The third kappa shape index (κ3) is 6.13. The van der Waals surface area contributed by atoms with E-state index in [1.165, 1.54) is 31.6 Å². The SMILES string of the molecule is Cc1cc(Nc2ncc(Br)c(Nc3ccc4nccnc4c3P(C)(C)=O)n2)cc2c1N1CCN(C3CCN(C)CC3)CC1CO2. The van der Waals surface area contributed by atoms with Crippen molar-refractivity contribution in [3.8, 4) is 5.75 Å². The topological polar surface area (TPSA) is 112 Å². The fourth-order valence-electron chi connectivity index (χ4n) is 6.93. The van der Waals surface area contributed by atoms with Gasteiger partial charge in [-0.25, -0.2) is 4.98 Å². The molecule has 2 N–H and O–H groups in total. The Hall–Kier alpha value is -3.31. The fourth-order valence-corrected chi connectivity index (χ4v) is 8.61. The van der Waals surface area contributed by atoms with Crippen LogP contribution in [0.2, 0.25) is 0 Å². The number of fused-ring (bicyclic) bond motifs is 4. The minimum atomic E-state index is -2.72. The zero-order valence-corrected chi connectivity index (χ0v) is 28.6. The molecule has 0 radical (unpaired) electrons. The quantitative estimate of drug-likeness (QED) is 0.260. The first-order valence-electron chi connectivity index (χ1n) is 15.5. The summed E-state index contributed by atoms with van der Waals surface area (Å²) < 4.78 is 20.5. The largest absolute Gasteiger partial charge is 0.489 e. The summed E-state index contributed by atoms with van der Waals surface area (Å²) in [5.74, 6) is 1.86. The van der Waals surface area contributed by atoms with Crippen molar-refractivity contribution < 1.29 is 9.30 Å². The molecule has 11 nitrogen and oxygen atoms in total. The van der Waals surface area contributed by atoms with E-state index in [9.17, 15) is 4.57 Å². The molecule has 3 aliphatic rings. The van der Waals surface area contributed by atoms with Gasteiger partial charge in [0.25, 0.3) is 0 Å². The first-order chi connectivity index (χ1) is 21.6. The number of aromatic nitrogens is 4. The van der Waals surface area contributed by atoms with Gasteiger partial charge in [0.2, 0.25) is 5.95 Å². The van der Waals surface area contributed by atoms with Gasteiger partial charge < -0.3 is 29.7 Å². The summed E-state index contributed by atoms with van der Waals surface area (Å²) >= 11 is 3.58. The van der Waals surface area contributed by atoms with Gasteiger partial charge in [0, 0.05) is 56.0 Å². The highest BCUT2D eigenvalue weighted by molar-refractivity contribution is 9.10. The van der Waals surface area contributed by atoms with Crippen LogP contribution in [0.4, 0.5) is 28.8 Å². The monoisotopic (exact) mass is 691 g/mol. The molecular weight excluding hydrogens is 653 g/mol. The highest BCUT2D eigenvalue weighted by Crippen LogP contribution is 2.43. The number of anilines is 5. The Morgan fingerprint density at radius 2 is 1.80 bits per heavy atom. The second kappa shape index (κ2) is 12.1. The third-order valence-corrected chi connectivity index (χ3v) is 11.2. The summed E-state index contributed by atoms with van der Waals surface area (Å²) in [7, 11) is -0.500. The minimum Gasteiger partial charge on any atom is -0.489 e. The van der Waals surface area contributed by atoms with Gasteiger partial charge >= 0.3 is 0 Å². The standard InChI is InChI=1S/C32H39BrN9O2P/c1-20-15-21(16-27-29(20)42-14-13-41(18-23(42)19-44-27)22-7-11-40(2)12-8-22)37-32-36-17-24(33)31(39-32)38-26-6-5-25-28(35-10-9-34-25)30(26)45(3,4)43/h5-6,9-10,15-17,22-23H,7-8,11-14,18-19H2,1-4H3,(H2,36,37,38,39). The predicted octanol–water partition coefficient (Wildman–Crippen LogP) is 5.20. The van der Waals surface area contributed by atoms with E-state index < -0.39 is 7.14 Å². The Morgan fingerprint density at radius 3 is 2.60 bits per heavy atom. The first-order valence-corrected chi connectivity index (χ1v) is 18.9. The Labute approximate surface area is 272 Å². The summed E-state index contributed by atoms with van der Waals surface area (Å²) in [6.45, 7) is 11.8. The number of hydrogen-bond donors (Lipinski definition) is 2. The van der Waals surface area contributed by atoms with Crippen LogP contribution in [0.25, 0.3) is 11.0 Å². The Morgan fingerprint density at radius 1 is 1.00 bits per heavy atom. The molecule has 7 rings (SSSR count). The number of nitrogens with zero attached hydrogens (tertiary/aromatic N) is 7. The lowest BCUT2D eigenvalue weighted by Crippen LogP contribution is -2.60. The van der Waals surface area contributed by atoms with Crippen LogP contribution in [0.5, 0.6) is 5.75 Å². The molecule has 2 aromatic carbocycles. The number of benzene rings is 2. The molecule has 0 saturated carbocycles. The van der Waals surface area contributed by atoms with E-state index in [-0.39, 0.29) is 0 Å². The number of piperazine rings is 1. The summed E-state index contributed by atoms with van der Waals surface area (Å²) in [4.78, 5) is 25.8. The maximum atomic E-state index is 13.4. The molecule has 2 aromatic heterocycles. The van der Waals surface area contributed by atoms with Crippen molar-refractivity contribution in [2.45, 2.75) is 31.8 Å². The van der Waals surface area contributed by atoms with Gasteiger partial charge in [0.1, 0.15) is 30.8 Å². The average molecular weight is 693 g/mol. The first kappa shape index (κ1) is 30.3. The van der Waals surface area contributed by atoms with Gasteiger partial charge in [-0.05, 0) is 92.9 Å². The van der Waals surface area contributed by atoms with Crippen LogP contribution >= 0.6 is 23.1 Å². The second-order valence-electron chi connectivity index (χ2n) is 12.7. The number of halogens is 1. The van der Waals surface area contributed by atoms with Gasteiger partial charge in [0.15, 0.2) is 0 Å². The molecule has 2 saturated heterocycles. The maximum Gasteiger partial charge on any atom is 0.229 e. The molecule has 1 atom stereocenters. The third-order valence-electron chi connectivity index (χ3n) is 9.11. The van der Waals surface area contributed by atoms with Crippen LogP contribution in [0.15, 0.2) is 47.3 Å². The van der Waals surface area contributed by atoms with Crippen LogP contribution < -0.4 is 25.6 Å². The molecule has 13 heteroatoms. The van der Waals surface area contributed by atoms with E-state index in [0.717, 1.165) is 36.6 Å². The van der Waals surface area contributed by atoms with Crippen molar-refractivity contribution >= 4 is 68.2 Å². The molecule has 45 heavy (non-hydrogen) atoms. The van der Waals surface area contributed by atoms with Crippen molar-refractivity contribution in [2.75, 3.05) is 75.2 Å². The summed E-state index contributed by atoms with van der Waals surface area (Å²) in [5, 5.41) is 7.39. The maximum absolute atomic E-state index is 13.4. The van der Waals surface area contributed by atoms with Gasteiger partial charge in [0.05, 0.1) is 32.7 Å². The Bertz CT molecular complexity index is 1790. The number of nitrogens with one attached hydrogen (secondary N) is 2. The molecule has 0 amide bonds. The van der Waals surface area contributed by atoms with Crippen LogP contribution in [0.3, 0.4) is 0 Å². The molecule has 0 bridgehead atoms. The lowest BCUT2D eigenvalue weighted by Gasteiger charge is -2.49. The van der Waals surface area contributed by atoms with Gasteiger partial charge in [-0.15, -0.1) is 0 Å². The van der Waals surface area contributed by atoms with Crippen LogP contribution in [0, 0.1) is 6.92 Å². The second-order valence-corrected chi connectivity index (χ2v) is 16.7. The lowest BCUT2D eigenvalue weighted by molar-refractivity contribution is 0.0867. The molecule has 3 aliphatic heterocycles. The number of hydrogen-bond acceptors (Lipinski definition) is 11. The number of rotatable bonds is 6. The lowest BCUT2D eigenvalue weighted by atomic mass is 9.99. The zero-order valence-electron chi connectivity index (χ0n) is 26.1. The molecule has 0 aliphatic carbocycles. The van der Waals surface area contributed by atoms with E-state index in [1.807, 2.05) is 18.2 Å². The number of likely N-dealkylation sites (tertiary alicyclic amines) is 1. The minimum absolute atomic E-state index is 0.361. The van der Waals surface area contributed by atoms with E-state index in [1.54, 1.807) is 31.9 Å². The van der Waals surface area contributed by atoms with Crippen LogP contribution in [0.1, 0.15) is 18.4 Å². The van der Waals surface area contributed by atoms with Gasteiger partial charge in [-0.1, -0.05) is 0 Å². The molecule has 5 heterocycles. The molecule has 1 unspecified atom stereocenters. The zero-order chi connectivity index (χ0) is 31.3. The molecule has 4 aromatic rings. The van der Waals surface area contributed by atoms with Crippen molar-refractivity contribution in [3.63, 3.8) is 0 Å². The van der Waals surface area contributed by atoms with Crippen molar-refractivity contribution in [3.05, 3.63) is 52.9 Å². The predicted molar refractivity (Wildman–Crippen MR) is 185 cm³/mol. The summed E-state index contributed by atoms with van der Waals surface area (Å²) in [6, 6.07) is 8.96. The Kier molecular flexibility index (Phi) is 8.18. The molecular formula is C32H39BrN9O2P. The van der Waals surface area contributed by atoms with Gasteiger partial charge in [-0.3, -0.25) is 14.9 Å². The molecule has 2 fully saturated rings.